The van der Waals surface area contributed by atoms with Crippen molar-refractivity contribution in [2.24, 2.45) is 0 Å². The molecule has 3 nitrogen and oxygen atoms in total. The van der Waals surface area contributed by atoms with Gasteiger partial charge in [0, 0.05) is 49.4 Å². The van der Waals surface area contributed by atoms with Crippen LogP contribution >= 0.6 is 0 Å². The molecule has 3 aromatic heterocycles. The number of para-hydroxylation sites is 4. The molecule has 3 heterocycles. The molecular weight excluding hydrogens is 643 g/mol. The Morgan fingerprint density at radius 3 is 1.42 bits per heavy atom. The first-order valence-electron chi connectivity index (χ1n) is 18.3. The van der Waals surface area contributed by atoms with E-state index in [0.717, 1.165) is 11.4 Å². The van der Waals surface area contributed by atoms with Crippen molar-refractivity contribution in [2.75, 3.05) is 0 Å². The second-order valence-electron chi connectivity index (χ2n) is 14.1. The predicted molar refractivity (Wildman–Crippen MR) is 224 cm³/mol. The third-order valence-electron chi connectivity index (χ3n) is 11.4. The van der Waals surface area contributed by atoms with Crippen molar-refractivity contribution < 1.29 is 0 Å². The standard InChI is InChI=1S/C50H31N3/c1-2-12-34(13-3-1)52-45-19-9-6-16-40(45)41-27-22-33(31-48(41)52)37-29-30-47-50-42(37)28-21-32-11-10-20-46(49(32)50)53(47)36-25-23-35(24-26-36)51-43-17-7-4-14-38(43)39-15-5-8-18-44(39)51/h1-31H. The van der Waals surface area contributed by atoms with Gasteiger partial charge in [-0.15, -0.1) is 0 Å². The number of benzene rings is 9. The van der Waals surface area contributed by atoms with E-state index in [-0.39, 0.29) is 0 Å². The van der Waals surface area contributed by atoms with Crippen LogP contribution < -0.4 is 0 Å². The van der Waals surface area contributed by atoms with E-state index in [1.807, 2.05) is 0 Å². The minimum atomic E-state index is 1.15. The molecule has 3 heteroatoms. The molecule has 0 aliphatic rings. The van der Waals surface area contributed by atoms with E-state index >= 15 is 0 Å². The summed E-state index contributed by atoms with van der Waals surface area (Å²) in [4.78, 5) is 0. The zero-order chi connectivity index (χ0) is 34.6. The molecule has 0 radical (unpaired) electrons. The van der Waals surface area contributed by atoms with Gasteiger partial charge in [0.2, 0.25) is 0 Å². The Hall–Kier alpha value is -7.10. The molecule has 246 valence electrons. The second kappa shape index (κ2) is 10.7. The van der Waals surface area contributed by atoms with Crippen LogP contribution in [0.3, 0.4) is 0 Å². The Labute approximate surface area is 305 Å². The fraction of sp³-hybridized carbons (Fsp3) is 0. The van der Waals surface area contributed by atoms with Gasteiger partial charge in [-0.05, 0) is 94.7 Å². The molecule has 53 heavy (non-hydrogen) atoms. The van der Waals surface area contributed by atoms with Gasteiger partial charge >= 0.3 is 0 Å². The van der Waals surface area contributed by atoms with E-state index < -0.39 is 0 Å². The highest BCUT2D eigenvalue weighted by atomic mass is 15.0. The molecule has 12 aromatic rings. The average Bonchev–Trinajstić information content (AvgIpc) is 3.87. The molecule has 0 fully saturated rings. The van der Waals surface area contributed by atoms with E-state index in [1.54, 1.807) is 0 Å². The van der Waals surface area contributed by atoms with Crippen LogP contribution in [0.5, 0.6) is 0 Å². The van der Waals surface area contributed by atoms with Crippen molar-refractivity contribution >= 4 is 76.2 Å². The van der Waals surface area contributed by atoms with Crippen LogP contribution in [0.1, 0.15) is 0 Å². The van der Waals surface area contributed by atoms with Gasteiger partial charge in [0.1, 0.15) is 0 Å². The zero-order valence-electron chi connectivity index (χ0n) is 28.7. The molecule has 0 N–H and O–H groups in total. The van der Waals surface area contributed by atoms with Gasteiger partial charge in [-0.2, -0.15) is 0 Å². The lowest BCUT2D eigenvalue weighted by Gasteiger charge is -2.13. The van der Waals surface area contributed by atoms with Gasteiger partial charge < -0.3 is 13.7 Å². The van der Waals surface area contributed by atoms with E-state index in [2.05, 4.69) is 202 Å². The van der Waals surface area contributed by atoms with Crippen molar-refractivity contribution in [3.05, 3.63) is 188 Å². The van der Waals surface area contributed by atoms with Gasteiger partial charge in [-0.25, -0.2) is 0 Å². The first-order chi connectivity index (χ1) is 26.3. The summed E-state index contributed by atoms with van der Waals surface area (Å²) >= 11 is 0. The Kier molecular flexibility index (Phi) is 5.77. The van der Waals surface area contributed by atoms with Gasteiger partial charge in [0.25, 0.3) is 0 Å². The van der Waals surface area contributed by atoms with E-state index in [1.165, 1.54) is 93.0 Å². The van der Waals surface area contributed by atoms with Crippen molar-refractivity contribution in [2.45, 2.75) is 0 Å². The highest BCUT2D eigenvalue weighted by Crippen LogP contribution is 2.44. The SMILES string of the molecule is c1ccc(-n2c3ccccc3c3ccc(-c4ccc5c6c4ccc4cccc(c46)n5-c4ccc(-n5c6ccccc6c6ccccc65)cc4)cc32)cc1. The summed E-state index contributed by atoms with van der Waals surface area (Å²) in [5, 5.41) is 10.2. The monoisotopic (exact) mass is 673 g/mol. The van der Waals surface area contributed by atoms with Crippen molar-refractivity contribution in [1.29, 1.82) is 0 Å². The lowest BCUT2D eigenvalue weighted by molar-refractivity contribution is 1.14. The summed E-state index contributed by atoms with van der Waals surface area (Å²) in [6, 6.07) is 68.9. The van der Waals surface area contributed by atoms with Crippen LogP contribution in [0.25, 0.3) is 104 Å². The third kappa shape index (κ3) is 3.94. The number of rotatable bonds is 4. The van der Waals surface area contributed by atoms with E-state index in [9.17, 15) is 0 Å². The minimum absolute atomic E-state index is 1.15. The summed E-state index contributed by atoms with van der Waals surface area (Å²) in [5.74, 6) is 0. The molecule has 9 aromatic carbocycles. The molecule has 0 saturated heterocycles. The van der Waals surface area contributed by atoms with Crippen LogP contribution in [0.2, 0.25) is 0 Å². The molecule has 0 unspecified atom stereocenters. The molecule has 0 spiro atoms. The zero-order valence-corrected chi connectivity index (χ0v) is 28.7. The highest BCUT2D eigenvalue weighted by molar-refractivity contribution is 6.27. The summed E-state index contributed by atoms with van der Waals surface area (Å²) in [7, 11) is 0. The van der Waals surface area contributed by atoms with Gasteiger partial charge in [0.05, 0.1) is 33.1 Å². The maximum atomic E-state index is 2.45. The third-order valence-corrected chi connectivity index (χ3v) is 11.4. The van der Waals surface area contributed by atoms with E-state index in [4.69, 9.17) is 0 Å². The van der Waals surface area contributed by atoms with Crippen LogP contribution in [0.4, 0.5) is 0 Å². The first kappa shape index (κ1) is 28.6. The Morgan fingerprint density at radius 1 is 0.264 bits per heavy atom. The van der Waals surface area contributed by atoms with Crippen LogP contribution in [0.15, 0.2) is 188 Å². The molecule has 0 saturated carbocycles. The van der Waals surface area contributed by atoms with Gasteiger partial charge in [0.15, 0.2) is 0 Å². The van der Waals surface area contributed by atoms with Gasteiger partial charge in [-0.1, -0.05) is 115 Å². The fourth-order valence-corrected chi connectivity index (χ4v) is 9.16. The smallest absolute Gasteiger partial charge is 0.0547 e. The van der Waals surface area contributed by atoms with Crippen LogP contribution in [-0.4, -0.2) is 13.7 Å². The number of nitrogens with zero attached hydrogens (tertiary/aromatic N) is 3. The number of fused-ring (bicyclic) bond motifs is 6. The quantitative estimate of drug-likeness (QED) is 0.165. The molecule has 0 aliphatic carbocycles. The average molecular weight is 674 g/mol. The molecular formula is C50H31N3. The Bertz CT molecular complexity index is 3320. The maximum Gasteiger partial charge on any atom is 0.0547 e. The van der Waals surface area contributed by atoms with Crippen LogP contribution in [-0.2, 0) is 0 Å². The lowest BCUT2D eigenvalue weighted by Crippen LogP contribution is -1.97. The number of hydrogen-bond acceptors (Lipinski definition) is 0. The normalized spacial score (nSPS) is 12.2. The van der Waals surface area contributed by atoms with Crippen molar-refractivity contribution in [3.8, 4) is 28.2 Å². The van der Waals surface area contributed by atoms with Crippen molar-refractivity contribution in [1.82, 2.24) is 13.7 Å². The molecule has 0 aliphatic heterocycles. The second-order valence-corrected chi connectivity index (χ2v) is 14.1. The molecule has 0 atom stereocenters. The van der Waals surface area contributed by atoms with E-state index in [0.29, 0.717) is 0 Å². The van der Waals surface area contributed by atoms with Gasteiger partial charge in [-0.3, -0.25) is 0 Å². The Balaban J connectivity index is 1.05. The largest absolute Gasteiger partial charge is 0.309 e. The highest BCUT2D eigenvalue weighted by Gasteiger charge is 2.20. The first-order valence-corrected chi connectivity index (χ1v) is 18.3. The molecule has 0 amide bonds. The number of hydrogen-bond donors (Lipinski definition) is 0. The fourth-order valence-electron chi connectivity index (χ4n) is 9.16. The topological polar surface area (TPSA) is 14.8 Å². The Morgan fingerprint density at radius 2 is 0.755 bits per heavy atom. The van der Waals surface area contributed by atoms with Crippen LogP contribution in [0, 0.1) is 0 Å². The molecule has 12 rings (SSSR count). The summed E-state index contributed by atoms with van der Waals surface area (Å²) in [6.07, 6.45) is 0. The van der Waals surface area contributed by atoms with Crippen molar-refractivity contribution in [3.63, 3.8) is 0 Å². The predicted octanol–water partition coefficient (Wildman–Crippen LogP) is 13.2. The summed E-state index contributed by atoms with van der Waals surface area (Å²) < 4.78 is 7.23. The number of aromatic nitrogens is 3. The minimum Gasteiger partial charge on any atom is -0.309 e. The maximum absolute atomic E-state index is 2.45. The summed E-state index contributed by atoms with van der Waals surface area (Å²) in [6.45, 7) is 0. The summed E-state index contributed by atoms with van der Waals surface area (Å²) in [5.41, 5.74) is 13.3. The molecule has 0 bridgehead atoms. The lowest BCUT2D eigenvalue weighted by atomic mass is 9.94.